The Morgan fingerprint density at radius 1 is 1.40 bits per heavy atom. The highest BCUT2D eigenvalue weighted by Crippen LogP contribution is 2.22. The van der Waals surface area contributed by atoms with Gasteiger partial charge in [-0.2, -0.15) is 5.26 Å². The van der Waals surface area contributed by atoms with Gasteiger partial charge in [0.25, 0.3) is 0 Å². The molecule has 1 N–H and O–H groups in total. The summed E-state index contributed by atoms with van der Waals surface area (Å²) < 4.78 is 0. The molecule has 0 aromatic carbocycles. The predicted octanol–water partition coefficient (Wildman–Crippen LogP) is 1.50. The van der Waals surface area contributed by atoms with Crippen molar-refractivity contribution in [3.63, 3.8) is 0 Å². The summed E-state index contributed by atoms with van der Waals surface area (Å²) in [5.74, 6) is 0. The van der Waals surface area contributed by atoms with E-state index in [1.165, 1.54) is 32.1 Å². The fourth-order valence-electron chi connectivity index (χ4n) is 2.42. The molecule has 1 saturated heterocycles. The van der Waals surface area contributed by atoms with Crippen molar-refractivity contribution in [1.82, 2.24) is 10.2 Å². The normalized spacial score (nSPS) is 29.7. The minimum Gasteiger partial charge on any atom is -0.312 e. The Balaban J connectivity index is 1.83. The molecule has 2 atom stereocenters. The van der Waals surface area contributed by atoms with E-state index >= 15 is 0 Å². The summed E-state index contributed by atoms with van der Waals surface area (Å²) in [4.78, 5) is 2.37. The Hall–Kier alpha value is -0.590. The van der Waals surface area contributed by atoms with Crippen LogP contribution in [0.2, 0.25) is 0 Å². The number of rotatable bonds is 4. The van der Waals surface area contributed by atoms with Gasteiger partial charge in [0.1, 0.15) is 0 Å². The van der Waals surface area contributed by atoms with Crippen LogP contribution in [-0.2, 0) is 0 Å². The lowest BCUT2D eigenvalue weighted by molar-refractivity contribution is 0.125. The van der Waals surface area contributed by atoms with Crippen LogP contribution in [0.1, 0.15) is 39.0 Å². The van der Waals surface area contributed by atoms with E-state index in [9.17, 15) is 0 Å². The summed E-state index contributed by atoms with van der Waals surface area (Å²) in [5.41, 5.74) is 0. The highest BCUT2D eigenvalue weighted by molar-refractivity contribution is 4.94. The Kier molecular flexibility index (Phi) is 3.61. The van der Waals surface area contributed by atoms with Gasteiger partial charge in [-0.25, -0.2) is 0 Å². The van der Waals surface area contributed by atoms with Gasteiger partial charge >= 0.3 is 0 Å². The third kappa shape index (κ3) is 2.93. The van der Waals surface area contributed by atoms with Crippen LogP contribution in [0.3, 0.4) is 0 Å². The summed E-state index contributed by atoms with van der Waals surface area (Å²) in [5, 5.41) is 12.6. The summed E-state index contributed by atoms with van der Waals surface area (Å²) in [6, 6.07) is 3.82. The molecule has 84 valence electrons. The molecule has 1 aliphatic heterocycles. The molecule has 2 rings (SSSR count). The lowest BCUT2D eigenvalue weighted by atomic mass is 10.0. The van der Waals surface area contributed by atoms with Crippen molar-refractivity contribution in [3.05, 3.63) is 0 Å². The van der Waals surface area contributed by atoms with Crippen LogP contribution in [0.4, 0.5) is 0 Å². The zero-order valence-corrected chi connectivity index (χ0v) is 9.58. The van der Waals surface area contributed by atoms with E-state index in [1.54, 1.807) is 0 Å². The predicted molar refractivity (Wildman–Crippen MR) is 60.4 cm³/mol. The van der Waals surface area contributed by atoms with Crippen molar-refractivity contribution in [2.24, 2.45) is 0 Å². The molecule has 0 aromatic rings. The Morgan fingerprint density at radius 2 is 2.20 bits per heavy atom. The van der Waals surface area contributed by atoms with Crippen LogP contribution in [0, 0.1) is 11.3 Å². The smallest absolute Gasteiger partial charge is 0.0952 e. The molecule has 3 nitrogen and oxygen atoms in total. The molecule has 0 bridgehead atoms. The molecule has 2 fully saturated rings. The van der Waals surface area contributed by atoms with Crippen molar-refractivity contribution < 1.29 is 0 Å². The SMILES string of the molecule is CC(C#N)N1CCCCC1CNC1CC1. The topological polar surface area (TPSA) is 39.1 Å². The molecular weight excluding hydrogens is 186 g/mol. The molecule has 1 saturated carbocycles. The summed E-state index contributed by atoms with van der Waals surface area (Å²) in [7, 11) is 0. The zero-order chi connectivity index (χ0) is 10.7. The van der Waals surface area contributed by atoms with Crippen LogP contribution in [0.25, 0.3) is 0 Å². The molecule has 0 radical (unpaired) electrons. The van der Waals surface area contributed by atoms with Crippen molar-refractivity contribution in [1.29, 1.82) is 5.26 Å². The average molecular weight is 207 g/mol. The highest BCUT2D eigenvalue weighted by Gasteiger charge is 2.28. The van der Waals surface area contributed by atoms with Crippen LogP contribution < -0.4 is 5.32 Å². The third-order valence-corrected chi connectivity index (χ3v) is 3.58. The Morgan fingerprint density at radius 3 is 2.87 bits per heavy atom. The standard InChI is InChI=1S/C12H21N3/c1-10(8-13)15-7-3-2-4-12(15)9-14-11-5-6-11/h10-12,14H,2-7,9H2,1H3. The van der Waals surface area contributed by atoms with Gasteiger partial charge in [0.05, 0.1) is 12.1 Å². The third-order valence-electron chi connectivity index (χ3n) is 3.58. The van der Waals surface area contributed by atoms with Crippen LogP contribution >= 0.6 is 0 Å². The summed E-state index contributed by atoms with van der Waals surface area (Å²) in [6.45, 7) is 4.21. The van der Waals surface area contributed by atoms with E-state index in [4.69, 9.17) is 5.26 Å². The lowest BCUT2D eigenvalue weighted by Gasteiger charge is -2.37. The Bertz CT molecular complexity index is 242. The molecule has 2 unspecified atom stereocenters. The number of nitrogens with one attached hydrogen (secondary N) is 1. The molecule has 0 amide bonds. The van der Waals surface area contributed by atoms with Gasteiger partial charge < -0.3 is 5.32 Å². The van der Waals surface area contributed by atoms with Gasteiger partial charge in [0, 0.05) is 18.6 Å². The number of piperidine rings is 1. The maximum Gasteiger partial charge on any atom is 0.0952 e. The summed E-state index contributed by atoms with van der Waals surface area (Å²) >= 11 is 0. The molecular formula is C12H21N3. The van der Waals surface area contributed by atoms with Crippen LogP contribution in [0.5, 0.6) is 0 Å². The maximum atomic E-state index is 8.98. The van der Waals surface area contributed by atoms with E-state index in [0.717, 1.165) is 19.1 Å². The minimum atomic E-state index is 0.0799. The molecule has 15 heavy (non-hydrogen) atoms. The quantitative estimate of drug-likeness (QED) is 0.759. The largest absolute Gasteiger partial charge is 0.312 e. The number of hydrogen-bond acceptors (Lipinski definition) is 3. The molecule has 1 heterocycles. The molecule has 3 heteroatoms. The van der Waals surface area contributed by atoms with E-state index < -0.39 is 0 Å². The molecule has 2 aliphatic rings. The van der Waals surface area contributed by atoms with Gasteiger partial charge in [0.15, 0.2) is 0 Å². The fraction of sp³-hybridized carbons (Fsp3) is 0.917. The van der Waals surface area contributed by atoms with Crippen molar-refractivity contribution in [2.75, 3.05) is 13.1 Å². The Labute approximate surface area is 92.4 Å². The molecule has 1 aliphatic carbocycles. The lowest BCUT2D eigenvalue weighted by Crippen LogP contribution is -2.49. The van der Waals surface area contributed by atoms with Gasteiger partial charge in [-0.1, -0.05) is 6.42 Å². The van der Waals surface area contributed by atoms with E-state index in [-0.39, 0.29) is 6.04 Å². The van der Waals surface area contributed by atoms with Gasteiger partial charge in [-0.15, -0.1) is 0 Å². The second-order valence-corrected chi connectivity index (χ2v) is 4.88. The second-order valence-electron chi connectivity index (χ2n) is 4.88. The first-order valence-corrected chi connectivity index (χ1v) is 6.20. The first kappa shape index (κ1) is 10.9. The molecule has 0 spiro atoms. The van der Waals surface area contributed by atoms with Crippen molar-refractivity contribution in [2.45, 2.75) is 57.2 Å². The van der Waals surface area contributed by atoms with E-state index in [2.05, 4.69) is 16.3 Å². The number of likely N-dealkylation sites (tertiary alicyclic amines) is 1. The zero-order valence-electron chi connectivity index (χ0n) is 9.58. The number of nitrogens with zero attached hydrogens (tertiary/aromatic N) is 2. The monoisotopic (exact) mass is 207 g/mol. The first-order chi connectivity index (χ1) is 7.31. The van der Waals surface area contributed by atoms with Crippen LogP contribution in [-0.4, -0.2) is 36.1 Å². The van der Waals surface area contributed by atoms with Gasteiger partial charge in [0.2, 0.25) is 0 Å². The van der Waals surface area contributed by atoms with Gasteiger partial charge in [-0.3, -0.25) is 4.90 Å². The minimum absolute atomic E-state index is 0.0799. The fourth-order valence-corrected chi connectivity index (χ4v) is 2.42. The van der Waals surface area contributed by atoms with Crippen LogP contribution in [0.15, 0.2) is 0 Å². The van der Waals surface area contributed by atoms with Gasteiger partial charge in [-0.05, 0) is 39.2 Å². The maximum absolute atomic E-state index is 8.98. The van der Waals surface area contributed by atoms with Crippen molar-refractivity contribution >= 4 is 0 Å². The number of hydrogen-bond donors (Lipinski definition) is 1. The number of nitriles is 1. The van der Waals surface area contributed by atoms with Crippen molar-refractivity contribution in [3.8, 4) is 6.07 Å². The van der Waals surface area contributed by atoms with E-state index in [1.807, 2.05) is 6.92 Å². The highest BCUT2D eigenvalue weighted by atomic mass is 15.2. The average Bonchev–Trinajstić information content (AvgIpc) is 3.09. The van der Waals surface area contributed by atoms with E-state index in [0.29, 0.717) is 6.04 Å². The second kappa shape index (κ2) is 4.96. The molecule has 0 aromatic heterocycles. The summed E-state index contributed by atoms with van der Waals surface area (Å²) in [6.07, 6.45) is 6.53. The first-order valence-electron chi connectivity index (χ1n) is 6.20.